The van der Waals surface area contributed by atoms with Crippen molar-refractivity contribution in [2.45, 2.75) is 40.2 Å². The topological polar surface area (TPSA) is 53.0 Å². The molecule has 1 fully saturated rings. The summed E-state index contributed by atoms with van der Waals surface area (Å²) in [5.74, 6) is 0.771. The summed E-state index contributed by atoms with van der Waals surface area (Å²) in [4.78, 5) is 2.35. The third-order valence-electron chi connectivity index (χ3n) is 4.48. The molecule has 0 atom stereocenters. The van der Waals surface area contributed by atoms with E-state index in [1.165, 1.54) is 12.8 Å². The van der Waals surface area contributed by atoms with Crippen molar-refractivity contribution in [1.29, 1.82) is 5.26 Å². The molecule has 0 saturated carbocycles. The highest BCUT2D eigenvalue weighted by atomic mass is 15.1. The summed E-state index contributed by atoms with van der Waals surface area (Å²) in [7, 11) is 0. The van der Waals surface area contributed by atoms with Gasteiger partial charge in [-0.25, -0.2) is 0 Å². The van der Waals surface area contributed by atoms with E-state index in [-0.39, 0.29) is 0 Å². The van der Waals surface area contributed by atoms with Crippen molar-refractivity contribution in [1.82, 2.24) is 0 Å². The predicted molar refractivity (Wildman–Crippen MR) is 83.4 cm³/mol. The molecule has 1 aliphatic rings. The van der Waals surface area contributed by atoms with E-state index < -0.39 is 0 Å². The van der Waals surface area contributed by atoms with Crippen LogP contribution in [-0.2, 0) is 6.54 Å². The molecule has 1 aliphatic heterocycles. The Morgan fingerprint density at radius 1 is 1.30 bits per heavy atom. The maximum atomic E-state index is 9.33. The lowest BCUT2D eigenvalue weighted by Gasteiger charge is -2.40. The number of nitrogens with two attached hydrogens (primary N) is 1. The standard InChI is InChI=1S/C17H25N3/c1-17(2,3)15-6-8-20(9-7-15)16-5-4-13(11-18)10-14(16)12-19/h4-5,10,15H,6-9,11,18H2,1-3H3. The second-order valence-electron chi connectivity index (χ2n) is 6.79. The average Bonchev–Trinajstić information content (AvgIpc) is 2.45. The fourth-order valence-electron chi connectivity index (χ4n) is 3.06. The monoisotopic (exact) mass is 271 g/mol. The number of hydrogen-bond acceptors (Lipinski definition) is 3. The van der Waals surface area contributed by atoms with Crippen LogP contribution in [0, 0.1) is 22.7 Å². The molecule has 0 radical (unpaired) electrons. The Balaban J connectivity index is 2.13. The number of piperidine rings is 1. The van der Waals surface area contributed by atoms with Gasteiger partial charge in [-0.3, -0.25) is 0 Å². The zero-order valence-corrected chi connectivity index (χ0v) is 12.8. The van der Waals surface area contributed by atoms with Gasteiger partial charge >= 0.3 is 0 Å². The number of benzene rings is 1. The molecule has 2 rings (SSSR count). The highest BCUT2D eigenvalue weighted by Crippen LogP contribution is 2.36. The number of anilines is 1. The van der Waals surface area contributed by atoms with Crippen molar-refractivity contribution < 1.29 is 0 Å². The van der Waals surface area contributed by atoms with Gasteiger partial charge in [0.15, 0.2) is 0 Å². The minimum absolute atomic E-state index is 0.382. The van der Waals surface area contributed by atoms with Gasteiger partial charge in [0, 0.05) is 19.6 Å². The predicted octanol–water partition coefficient (Wildman–Crippen LogP) is 3.28. The molecule has 2 N–H and O–H groups in total. The molecular weight excluding hydrogens is 246 g/mol. The maximum absolute atomic E-state index is 9.33. The third-order valence-corrected chi connectivity index (χ3v) is 4.48. The van der Waals surface area contributed by atoms with Crippen molar-refractivity contribution in [2.24, 2.45) is 17.1 Å². The molecule has 1 aromatic carbocycles. The first kappa shape index (κ1) is 14.9. The van der Waals surface area contributed by atoms with E-state index in [9.17, 15) is 5.26 Å². The van der Waals surface area contributed by atoms with Crippen LogP contribution in [0.5, 0.6) is 0 Å². The molecule has 3 nitrogen and oxygen atoms in total. The molecule has 0 bridgehead atoms. The second-order valence-corrected chi connectivity index (χ2v) is 6.79. The lowest BCUT2D eigenvalue weighted by Crippen LogP contribution is -2.38. The van der Waals surface area contributed by atoms with E-state index in [4.69, 9.17) is 5.73 Å². The Hall–Kier alpha value is -1.53. The summed E-state index contributed by atoms with van der Waals surface area (Å²) in [5.41, 5.74) is 8.87. The van der Waals surface area contributed by atoms with Crippen LogP contribution in [0.3, 0.4) is 0 Å². The van der Waals surface area contributed by atoms with Crippen LogP contribution >= 0.6 is 0 Å². The van der Waals surface area contributed by atoms with Gasteiger partial charge in [-0.2, -0.15) is 5.26 Å². The van der Waals surface area contributed by atoms with Gasteiger partial charge < -0.3 is 10.6 Å². The first-order valence-electron chi connectivity index (χ1n) is 7.43. The van der Waals surface area contributed by atoms with E-state index in [0.29, 0.717) is 12.0 Å². The van der Waals surface area contributed by atoms with Crippen molar-refractivity contribution in [2.75, 3.05) is 18.0 Å². The van der Waals surface area contributed by atoms with Crippen LogP contribution in [-0.4, -0.2) is 13.1 Å². The van der Waals surface area contributed by atoms with Crippen LogP contribution < -0.4 is 10.6 Å². The summed E-state index contributed by atoms with van der Waals surface area (Å²) in [6, 6.07) is 8.32. The molecule has 108 valence electrons. The number of rotatable bonds is 2. The molecule has 1 aromatic rings. The largest absolute Gasteiger partial charge is 0.370 e. The molecular formula is C17H25N3. The van der Waals surface area contributed by atoms with Crippen molar-refractivity contribution >= 4 is 5.69 Å². The second kappa shape index (κ2) is 5.85. The molecule has 0 aromatic heterocycles. The van der Waals surface area contributed by atoms with Gasteiger partial charge in [-0.05, 0) is 41.9 Å². The van der Waals surface area contributed by atoms with Gasteiger partial charge in [0.1, 0.15) is 6.07 Å². The summed E-state index contributed by atoms with van der Waals surface area (Å²) >= 11 is 0. The number of nitrogens with zero attached hydrogens (tertiary/aromatic N) is 2. The zero-order chi connectivity index (χ0) is 14.8. The Morgan fingerprint density at radius 2 is 1.95 bits per heavy atom. The van der Waals surface area contributed by atoms with Crippen LogP contribution in [0.1, 0.15) is 44.7 Å². The lowest BCUT2D eigenvalue weighted by molar-refractivity contribution is 0.199. The van der Waals surface area contributed by atoms with Gasteiger partial charge in [0.2, 0.25) is 0 Å². The van der Waals surface area contributed by atoms with Gasteiger partial charge in [-0.1, -0.05) is 26.8 Å². The molecule has 3 heteroatoms. The first-order valence-corrected chi connectivity index (χ1v) is 7.43. The maximum Gasteiger partial charge on any atom is 0.101 e. The van der Waals surface area contributed by atoms with E-state index in [1.807, 2.05) is 12.1 Å². The van der Waals surface area contributed by atoms with Crippen LogP contribution in [0.4, 0.5) is 5.69 Å². The van der Waals surface area contributed by atoms with Crippen molar-refractivity contribution in [3.05, 3.63) is 29.3 Å². The van der Waals surface area contributed by atoms with Gasteiger partial charge in [-0.15, -0.1) is 0 Å². The molecule has 0 aliphatic carbocycles. The highest BCUT2D eigenvalue weighted by molar-refractivity contribution is 5.60. The summed E-state index contributed by atoms with van der Waals surface area (Å²) in [6.45, 7) is 9.54. The molecule has 0 unspecified atom stereocenters. The number of hydrogen-bond donors (Lipinski definition) is 1. The normalized spacial score (nSPS) is 17.1. The Bertz CT molecular complexity index is 500. The van der Waals surface area contributed by atoms with Crippen LogP contribution in [0.25, 0.3) is 0 Å². The average molecular weight is 271 g/mol. The van der Waals surface area contributed by atoms with Crippen molar-refractivity contribution in [3.8, 4) is 6.07 Å². The molecule has 1 saturated heterocycles. The molecule has 1 heterocycles. The van der Waals surface area contributed by atoms with E-state index in [0.717, 1.165) is 35.8 Å². The van der Waals surface area contributed by atoms with Crippen molar-refractivity contribution in [3.63, 3.8) is 0 Å². The van der Waals surface area contributed by atoms with Crippen LogP contribution in [0.2, 0.25) is 0 Å². The van der Waals surface area contributed by atoms with Gasteiger partial charge in [0.05, 0.1) is 11.3 Å². The summed E-state index contributed by atoms with van der Waals surface area (Å²) in [5, 5.41) is 9.33. The lowest BCUT2D eigenvalue weighted by atomic mass is 9.75. The smallest absolute Gasteiger partial charge is 0.101 e. The van der Waals surface area contributed by atoms with Crippen LogP contribution in [0.15, 0.2) is 18.2 Å². The minimum atomic E-state index is 0.382. The summed E-state index contributed by atoms with van der Waals surface area (Å²) < 4.78 is 0. The molecule has 0 amide bonds. The number of nitriles is 1. The highest BCUT2D eigenvalue weighted by Gasteiger charge is 2.29. The fourth-order valence-corrected chi connectivity index (χ4v) is 3.06. The molecule has 0 spiro atoms. The van der Waals surface area contributed by atoms with Gasteiger partial charge in [0.25, 0.3) is 0 Å². The van der Waals surface area contributed by atoms with E-state index >= 15 is 0 Å². The molecule has 20 heavy (non-hydrogen) atoms. The SMILES string of the molecule is CC(C)(C)C1CCN(c2ccc(CN)cc2C#N)CC1. The zero-order valence-electron chi connectivity index (χ0n) is 12.8. The fraction of sp³-hybridized carbons (Fsp3) is 0.588. The summed E-state index contributed by atoms with van der Waals surface area (Å²) in [6.07, 6.45) is 2.40. The minimum Gasteiger partial charge on any atom is -0.370 e. The van der Waals surface area contributed by atoms with E-state index in [1.54, 1.807) is 0 Å². The van der Waals surface area contributed by atoms with E-state index in [2.05, 4.69) is 37.8 Å². The third kappa shape index (κ3) is 3.13. The first-order chi connectivity index (χ1) is 9.45. The quantitative estimate of drug-likeness (QED) is 0.898. The Labute approximate surface area is 122 Å². The Kier molecular flexibility index (Phi) is 4.35. The Morgan fingerprint density at radius 3 is 2.45 bits per heavy atom.